The number of hydrogen-bond acceptors (Lipinski definition) is 4. The van der Waals surface area contributed by atoms with Gasteiger partial charge < -0.3 is 14.6 Å². The molecular formula is C11H15BrO3S. The quantitative estimate of drug-likeness (QED) is 0.908. The zero-order valence-corrected chi connectivity index (χ0v) is 11.9. The molecule has 16 heavy (non-hydrogen) atoms. The zero-order valence-electron chi connectivity index (χ0n) is 9.49. The minimum Gasteiger partial charge on any atom is -0.495 e. The lowest BCUT2D eigenvalue weighted by Crippen LogP contribution is -2.04. The Morgan fingerprint density at radius 2 is 2.06 bits per heavy atom. The molecule has 0 heterocycles. The highest BCUT2D eigenvalue weighted by atomic mass is 79.9. The SMILES string of the molecule is COc1ccc(C(O)CSC)c(OC)c1Br. The molecule has 0 spiro atoms. The number of aliphatic hydroxyl groups is 1. The molecule has 0 saturated carbocycles. The number of thioether (sulfide) groups is 1. The van der Waals surface area contributed by atoms with Gasteiger partial charge in [-0.3, -0.25) is 0 Å². The average Bonchev–Trinajstić information content (AvgIpc) is 2.28. The Bertz CT molecular complexity index is 357. The maximum Gasteiger partial charge on any atom is 0.142 e. The van der Waals surface area contributed by atoms with Crippen molar-refractivity contribution in [2.75, 3.05) is 26.2 Å². The first-order valence-electron chi connectivity index (χ1n) is 4.73. The van der Waals surface area contributed by atoms with Crippen molar-refractivity contribution >= 4 is 27.7 Å². The van der Waals surface area contributed by atoms with Gasteiger partial charge in [0.1, 0.15) is 16.0 Å². The van der Waals surface area contributed by atoms with Crippen LogP contribution in [0.1, 0.15) is 11.7 Å². The second kappa shape index (κ2) is 6.37. The summed E-state index contributed by atoms with van der Waals surface area (Å²) in [6.07, 6.45) is 1.42. The molecule has 0 radical (unpaired) electrons. The van der Waals surface area contributed by atoms with Gasteiger partial charge >= 0.3 is 0 Å². The van der Waals surface area contributed by atoms with Crippen molar-refractivity contribution in [3.05, 3.63) is 22.2 Å². The summed E-state index contributed by atoms with van der Waals surface area (Å²) in [5, 5.41) is 9.96. The van der Waals surface area contributed by atoms with E-state index in [9.17, 15) is 5.11 Å². The minimum absolute atomic E-state index is 0.535. The van der Waals surface area contributed by atoms with Crippen molar-refractivity contribution in [2.24, 2.45) is 0 Å². The van der Waals surface area contributed by atoms with E-state index in [0.29, 0.717) is 17.3 Å². The number of aliphatic hydroxyl groups excluding tert-OH is 1. The molecule has 1 unspecified atom stereocenters. The number of ether oxygens (including phenoxy) is 2. The van der Waals surface area contributed by atoms with Gasteiger partial charge in [0.25, 0.3) is 0 Å². The second-order valence-electron chi connectivity index (χ2n) is 3.18. The zero-order chi connectivity index (χ0) is 12.1. The van der Waals surface area contributed by atoms with Crippen LogP contribution in [0.5, 0.6) is 11.5 Å². The van der Waals surface area contributed by atoms with Crippen molar-refractivity contribution in [3.63, 3.8) is 0 Å². The van der Waals surface area contributed by atoms with E-state index >= 15 is 0 Å². The van der Waals surface area contributed by atoms with Crippen LogP contribution in [0.2, 0.25) is 0 Å². The highest BCUT2D eigenvalue weighted by molar-refractivity contribution is 9.10. The first-order valence-corrected chi connectivity index (χ1v) is 6.91. The molecule has 90 valence electrons. The van der Waals surface area contributed by atoms with Crippen LogP contribution >= 0.6 is 27.7 Å². The molecule has 0 amide bonds. The summed E-state index contributed by atoms with van der Waals surface area (Å²) in [6, 6.07) is 3.63. The predicted molar refractivity (Wildman–Crippen MR) is 70.6 cm³/mol. The number of methoxy groups -OCH3 is 2. The molecule has 0 aliphatic carbocycles. The van der Waals surface area contributed by atoms with Crippen LogP contribution in [-0.2, 0) is 0 Å². The number of benzene rings is 1. The predicted octanol–water partition coefficient (Wildman–Crippen LogP) is 2.86. The van der Waals surface area contributed by atoms with Crippen LogP contribution in [0.25, 0.3) is 0 Å². The van der Waals surface area contributed by atoms with Gasteiger partial charge in [0.2, 0.25) is 0 Å². The van der Waals surface area contributed by atoms with Crippen LogP contribution < -0.4 is 9.47 Å². The maximum atomic E-state index is 9.96. The summed E-state index contributed by atoms with van der Waals surface area (Å²) in [6.45, 7) is 0. The fraction of sp³-hybridized carbons (Fsp3) is 0.455. The molecule has 0 aromatic heterocycles. The van der Waals surface area contributed by atoms with Crippen LogP contribution in [-0.4, -0.2) is 31.3 Å². The molecule has 0 bridgehead atoms. The fourth-order valence-electron chi connectivity index (χ4n) is 1.43. The van der Waals surface area contributed by atoms with Crippen LogP contribution in [0, 0.1) is 0 Å². The molecular weight excluding hydrogens is 292 g/mol. The maximum absolute atomic E-state index is 9.96. The lowest BCUT2D eigenvalue weighted by molar-refractivity contribution is 0.198. The van der Waals surface area contributed by atoms with E-state index in [-0.39, 0.29) is 0 Å². The van der Waals surface area contributed by atoms with Gasteiger partial charge in [-0.1, -0.05) is 0 Å². The summed E-state index contributed by atoms with van der Waals surface area (Å²) in [5.74, 6) is 1.95. The van der Waals surface area contributed by atoms with Crippen molar-refractivity contribution in [2.45, 2.75) is 6.10 Å². The summed E-state index contributed by atoms with van der Waals surface area (Å²) in [7, 11) is 3.17. The molecule has 3 nitrogen and oxygen atoms in total. The van der Waals surface area contributed by atoms with E-state index in [0.717, 1.165) is 10.0 Å². The van der Waals surface area contributed by atoms with Gasteiger partial charge in [0.05, 0.1) is 20.3 Å². The largest absolute Gasteiger partial charge is 0.495 e. The molecule has 5 heteroatoms. The fourth-order valence-corrected chi connectivity index (χ4v) is 2.61. The Morgan fingerprint density at radius 1 is 1.38 bits per heavy atom. The van der Waals surface area contributed by atoms with Crippen molar-refractivity contribution in [3.8, 4) is 11.5 Å². The van der Waals surface area contributed by atoms with Crippen LogP contribution in [0.15, 0.2) is 16.6 Å². The third-order valence-corrected chi connectivity index (χ3v) is 3.60. The van der Waals surface area contributed by atoms with E-state index in [1.807, 2.05) is 18.4 Å². The normalized spacial score (nSPS) is 12.3. The van der Waals surface area contributed by atoms with Gasteiger partial charge in [0, 0.05) is 11.3 Å². The van der Waals surface area contributed by atoms with Crippen molar-refractivity contribution in [1.82, 2.24) is 0 Å². The van der Waals surface area contributed by atoms with Gasteiger partial charge in [-0.05, 0) is 34.3 Å². The van der Waals surface area contributed by atoms with Crippen molar-refractivity contribution in [1.29, 1.82) is 0 Å². The topological polar surface area (TPSA) is 38.7 Å². The summed E-state index contributed by atoms with van der Waals surface area (Å²) in [4.78, 5) is 0. The Balaban J connectivity index is 3.14. The first-order chi connectivity index (χ1) is 7.65. The van der Waals surface area contributed by atoms with Gasteiger partial charge in [-0.2, -0.15) is 11.8 Å². The highest BCUT2D eigenvalue weighted by Crippen LogP contribution is 2.40. The van der Waals surface area contributed by atoms with Gasteiger partial charge in [-0.15, -0.1) is 0 Å². The van der Waals surface area contributed by atoms with Crippen molar-refractivity contribution < 1.29 is 14.6 Å². The number of hydrogen-bond donors (Lipinski definition) is 1. The first kappa shape index (κ1) is 13.7. The molecule has 0 aliphatic rings. The van der Waals surface area contributed by atoms with E-state index in [1.54, 1.807) is 26.0 Å². The summed E-state index contributed by atoms with van der Waals surface area (Å²) in [5.41, 5.74) is 0.768. The molecule has 1 atom stereocenters. The smallest absolute Gasteiger partial charge is 0.142 e. The summed E-state index contributed by atoms with van der Waals surface area (Å²) < 4.78 is 11.2. The van der Waals surface area contributed by atoms with E-state index in [1.165, 1.54) is 0 Å². The third-order valence-electron chi connectivity index (χ3n) is 2.20. The minimum atomic E-state index is -0.535. The average molecular weight is 307 g/mol. The molecule has 1 rings (SSSR count). The number of halogens is 1. The second-order valence-corrected chi connectivity index (χ2v) is 4.88. The lowest BCUT2D eigenvalue weighted by atomic mass is 10.1. The monoisotopic (exact) mass is 306 g/mol. The Labute approximate surface area is 108 Å². The molecule has 0 fully saturated rings. The van der Waals surface area contributed by atoms with Crippen LogP contribution in [0.3, 0.4) is 0 Å². The van der Waals surface area contributed by atoms with E-state index in [2.05, 4.69) is 15.9 Å². The standard InChI is InChI=1S/C11H15BrO3S/c1-14-9-5-4-7(8(13)6-16-3)11(15-2)10(9)12/h4-5,8,13H,6H2,1-3H3. The van der Waals surface area contributed by atoms with Gasteiger partial charge in [-0.25, -0.2) is 0 Å². The number of rotatable bonds is 5. The molecule has 1 aromatic rings. The Hall–Kier alpha value is -0.390. The molecule has 0 aliphatic heterocycles. The van der Waals surface area contributed by atoms with E-state index < -0.39 is 6.10 Å². The Morgan fingerprint density at radius 3 is 2.56 bits per heavy atom. The van der Waals surface area contributed by atoms with Crippen LogP contribution in [0.4, 0.5) is 0 Å². The highest BCUT2D eigenvalue weighted by Gasteiger charge is 2.18. The third kappa shape index (κ3) is 2.84. The molecule has 1 aromatic carbocycles. The van der Waals surface area contributed by atoms with Gasteiger partial charge in [0.15, 0.2) is 0 Å². The Kier molecular flexibility index (Phi) is 5.44. The molecule has 0 saturated heterocycles. The summed E-state index contributed by atoms with van der Waals surface area (Å²) >= 11 is 4.99. The van der Waals surface area contributed by atoms with E-state index in [4.69, 9.17) is 9.47 Å². The lowest BCUT2D eigenvalue weighted by Gasteiger charge is -2.16. The molecule has 1 N–H and O–H groups in total.